The van der Waals surface area contributed by atoms with Crippen LogP contribution < -0.4 is 5.73 Å². The largest absolute Gasteiger partial charge is 0.481 e. The Hall–Kier alpha value is -1.48. The maximum atomic E-state index is 11.5. The van der Waals surface area contributed by atoms with Gasteiger partial charge < -0.3 is 55.4 Å². The van der Waals surface area contributed by atoms with E-state index in [4.69, 9.17) is 40.3 Å². The first-order valence-corrected chi connectivity index (χ1v) is 14.2. The van der Waals surface area contributed by atoms with Gasteiger partial charge in [0.05, 0.1) is 26.1 Å². The Bertz CT molecular complexity index is 1190. The van der Waals surface area contributed by atoms with E-state index in [0.29, 0.717) is 0 Å². The van der Waals surface area contributed by atoms with Gasteiger partial charge >= 0.3 is 23.5 Å². The predicted octanol–water partition coefficient (Wildman–Crippen LogP) is -3.30. The Balaban J connectivity index is 0.000000410. The van der Waals surface area contributed by atoms with Crippen LogP contribution in [0.3, 0.4) is 0 Å². The molecular weight excluding hydrogens is 575 g/mol. The quantitative estimate of drug-likeness (QED) is 0.120. The topological polar surface area (TPSA) is 340 Å². The number of fused-ring (bicyclic) bond motifs is 1. The monoisotopic (exact) mass is 599 g/mol. The van der Waals surface area contributed by atoms with Crippen molar-refractivity contribution in [3.05, 3.63) is 12.7 Å². The summed E-state index contributed by atoms with van der Waals surface area (Å²) in [5, 5.41) is 36.9. The van der Waals surface area contributed by atoms with Crippen LogP contribution in [0.25, 0.3) is 11.2 Å². The van der Waals surface area contributed by atoms with Crippen LogP contribution in [-0.4, -0.2) is 109 Å². The smallest absolute Gasteiger partial charge is 0.394 e. The number of phosphoric ester groups is 2. The van der Waals surface area contributed by atoms with Crippen molar-refractivity contribution in [3.8, 4) is 0 Å². The van der Waals surface area contributed by atoms with Crippen molar-refractivity contribution in [2.24, 2.45) is 0 Å². The second-order valence-electron chi connectivity index (χ2n) is 7.09. The summed E-state index contributed by atoms with van der Waals surface area (Å²) < 4.78 is 50.6. The summed E-state index contributed by atoms with van der Waals surface area (Å²) in [6.45, 7) is -1.97. The van der Waals surface area contributed by atoms with E-state index in [1.54, 1.807) is 0 Å². The molecule has 0 spiro atoms. The van der Waals surface area contributed by atoms with Crippen molar-refractivity contribution in [1.29, 1.82) is 0 Å². The molecule has 1 fully saturated rings. The minimum Gasteiger partial charge on any atom is -0.394 e. The molecule has 3 rings (SSSR count). The number of nitrogen functional groups attached to an aromatic ring is 1. The standard InChI is InChI=1S/C10H15N5O10P2.C3H9O6P/c11-8-5-9(13-2-12-8)15(3-14-5)10-7(17)6(16)4(24-10)1-23-27(21,22)25-26(18,19)20;4-1-3(5)2-9-10(6,7)8/h2-4,6-7,10,16-17H,1H2,(H,21,22)(H2,11,12,13)(H2,18,19,20);3-5H,1-2H2,(H2,6,7,8)/t4-,6-,7-,10-;/m1./s1. The van der Waals surface area contributed by atoms with Crippen LogP contribution in [0.15, 0.2) is 12.7 Å². The lowest BCUT2D eigenvalue weighted by Gasteiger charge is -2.17. The molecule has 212 valence electrons. The van der Waals surface area contributed by atoms with E-state index in [-0.39, 0.29) is 17.0 Å². The van der Waals surface area contributed by atoms with E-state index in [1.807, 2.05) is 0 Å². The molecule has 24 heteroatoms. The van der Waals surface area contributed by atoms with E-state index < -0.39 is 73.9 Å². The van der Waals surface area contributed by atoms with E-state index in [0.717, 1.165) is 6.33 Å². The highest BCUT2D eigenvalue weighted by atomic mass is 31.3. The van der Waals surface area contributed by atoms with Crippen LogP contribution in [0.5, 0.6) is 0 Å². The molecule has 21 nitrogen and oxygen atoms in total. The van der Waals surface area contributed by atoms with Crippen LogP contribution >= 0.6 is 23.5 Å². The van der Waals surface area contributed by atoms with Crippen LogP contribution in [-0.2, 0) is 31.8 Å². The van der Waals surface area contributed by atoms with Crippen LogP contribution in [0.1, 0.15) is 6.23 Å². The summed E-state index contributed by atoms with van der Waals surface area (Å²) in [5.74, 6) is 0.0856. The first kappa shape index (κ1) is 31.7. The molecule has 0 aliphatic carbocycles. The first-order chi connectivity index (χ1) is 16.9. The van der Waals surface area contributed by atoms with Gasteiger partial charge in [0.1, 0.15) is 36.3 Å². The summed E-state index contributed by atoms with van der Waals surface area (Å²) in [7, 11) is -14.9. The molecular formula is C13H24N5O16P3. The minimum absolute atomic E-state index is 0.0856. The molecule has 2 aromatic rings. The molecule has 6 atom stereocenters. The average molecular weight is 599 g/mol. The Morgan fingerprint density at radius 1 is 1.03 bits per heavy atom. The zero-order valence-electron chi connectivity index (χ0n) is 18.3. The van der Waals surface area contributed by atoms with Gasteiger partial charge in [-0.25, -0.2) is 28.6 Å². The molecule has 0 saturated carbocycles. The second-order valence-corrected chi connectivity index (χ2v) is 11.2. The highest BCUT2D eigenvalue weighted by molar-refractivity contribution is 7.60. The first-order valence-electron chi connectivity index (χ1n) is 9.62. The SMILES string of the molecule is Nc1ncnc2c1ncn2[C@@H]1O[C@H](COP(=O)(O)OP(=O)(O)O)[C@@H](O)[C@H]1O.O=P(O)(O)OCC(O)CO. The Morgan fingerprint density at radius 2 is 1.68 bits per heavy atom. The fourth-order valence-electron chi connectivity index (χ4n) is 2.71. The summed E-state index contributed by atoms with van der Waals surface area (Å²) >= 11 is 0. The molecule has 1 saturated heterocycles. The second kappa shape index (κ2) is 12.6. The number of aliphatic hydroxyl groups is 4. The van der Waals surface area contributed by atoms with E-state index in [2.05, 4.69) is 28.3 Å². The lowest BCUT2D eigenvalue weighted by atomic mass is 10.1. The van der Waals surface area contributed by atoms with Crippen molar-refractivity contribution < 1.29 is 76.7 Å². The number of nitrogens with zero attached hydrogens (tertiary/aromatic N) is 4. The summed E-state index contributed by atoms with van der Waals surface area (Å²) in [5.41, 5.74) is 6.11. The van der Waals surface area contributed by atoms with Crippen molar-refractivity contribution in [2.45, 2.75) is 30.6 Å². The average Bonchev–Trinajstić information content (AvgIpc) is 3.31. The number of imidazole rings is 1. The van der Waals surface area contributed by atoms with Crippen molar-refractivity contribution >= 4 is 40.4 Å². The van der Waals surface area contributed by atoms with Crippen LogP contribution in [0, 0.1) is 0 Å². The molecule has 0 bridgehead atoms. The third-order valence-corrected chi connectivity index (χ3v) is 6.89. The molecule has 0 aromatic carbocycles. The molecule has 11 N–H and O–H groups in total. The van der Waals surface area contributed by atoms with Gasteiger partial charge in [0.25, 0.3) is 0 Å². The van der Waals surface area contributed by atoms with E-state index in [9.17, 15) is 28.8 Å². The van der Waals surface area contributed by atoms with E-state index in [1.165, 1.54) is 10.9 Å². The van der Waals surface area contributed by atoms with Gasteiger partial charge in [-0.3, -0.25) is 13.6 Å². The molecule has 0 radical (unpaired) electrons. The number of hydrogen-bond acceptors (Lipinski definition) is 15. The summed E-state index contributed by atoms with van der Waals surface area (Å²) in [4.78, 5) is 54.2. The number of anilines is 1. The normalized spacial score (nSPS) is 24.9. The highest BCUT2D eigenvalue weighted by Crippen LogP contribution is 2.57. The number of aromatic nitrogens is 4. The Morgan fingerprint density at radius 3 is 2.24 bits per heavy atom. The number of rotatable bonds is 10. The Kier molecular flexibility index (Phi) is 10.8. The number of nitrogens with two attached hydrogens (primary N) is 1. The number of phosphoric acid groups is 3. The molecule has 1 aliphatic rings. The predicted molar refractivity (Wildman–Crippen MR) is 116 cm³/mol. The number of aliphatic hydroxyl groups excluding tert-OH is 4. The van der Waals surface area contributed by atoms with Crippen molar-refractivity contribution in [1.82, 2.24) is 19.5 Å². The molecule has 37 heavy (non-hydrogen) atoms. The molecule has 0 amide bonds. The fraction of sp³-hybridized carbons (Fsp3) is 0.615. The van der Waals surface area contributed by atoms with Gasteiger partial charge in [-0.15, -0.1) is 0 Å². The molecule has 2 unspecified atom stereocenters. The highest BCUT2D eigenvalue weighted by Gasteiger charge is 2.46. The maximum Gasteiger partial charge on any atom is 0.481 e. The number of ether oxygens (including phenoxy) is 1. The summed E-state index contributed by atoms with van der Waals surface area (Å²) in [6, 6.07) is 0. The lowest BCUT2D eigenvalue weighted by Crippen LogP contribution is -2.33. The minimum atomic E-state index is -5.29. The van der Waals surface area contributed by atoms with Gasteiger partial charge in [0, 0.05) is 0 Å². The van der Waals surface area contributed by atoms with Crippen molar-refractivity contribution in [2.75, 3.05) is 25.6 Å². The van der Waals surface area contributed by atoms with E-state index >= 15 is 0 Å². The van der Waals surface area contributed by atoms with Gasteiger partial charge in [0.2, 0.25) is 0 Å². The summed E-state index contributed by atoms with van der Waals surface area (Å²) in [6.07, 6.45) is -4.44. The molecule has 3 heterocycles. The van der Waals surface area contributed by atoms with Gasteiger partial charge in [-0.2, -0.15) is 4.31 Å². The maximum absolute atomic E-state index is 11.5. The number of hydrogen-bond donors (Lipinski definition) is 10. The fourth-order valence-corrected chi connectivity index (χ4v) is 4.68. The van der Waals surface area contributed by atoms with Crippen LogP contribution in [0.4, 0.5) is 5.82 Å². The lowest BCUT2D eigenvalue weighted by molar-refractivity contribution is -0.0503. The van der Waals surface area contributed by atoms with Crippen LogP contribution in [0.2, 0.25) is 0 Å². The zero-order chi connectivity index (χ0) is 28.2. The van der Waals surface area contributed by atoms with Gasteiger partial charge in [-0.1, -0.05) is 0 Å². The Labute approximate surface area is 206 Å². The third kappa shape index (κ3) is 9.65. The zero-order valence-corrected chi connectivity index (χ0v) is 20.9. The van der Waals surface area contributed by atoms with Gasteiger partial charge in [-0.05, 0) is 0 Å². The van der Waals surface area contributed by atoms with Gasteiger partial charge in [0.15, 0.2) is 17.7 Å². The van der Waals surface area contributed by atoms with Crippen molar-refractivity contribution in [3.63, 3.8) is 0 Å². The molecule has 1 aliphatic heterocycles. The third-order valence-electron chi connectivity index (χ3n) is 4.26. The molecule has 2 aromatic heterocycles.